The first-order valence-corrected chi connectivity index (χ1v) is 6.41. The summed E-state index contributed by atoms with van der Waals surface area (Å²) < 4.78 is 2.33. The van der Waals surface area contributed by atoms with Gasteiger partial charge in [-0.3, -0.25) is 4.90 Å². The van der Waals surface area contributed by atoms with E-state index in [0.717, 1.165) is 19.6 Å². The Morgan fingerprint density at radius 3 is 2.82 bits per heavy atom. The van der Waals surface area contributed by atoms with Gasteiger partial charge in [0.1, 0.15) is 0 Å². The van der Waals surface area contributed by atoms with E-state index >= 15 is 0 Å². The van der Waals surface area contributed by atoms with E-state index in [4.69, 9.17) is 5.73 Å². The van der Waals surface area contributed by atoms with Gasteiger partial charge in [0.15, 0.2) is 0 Å². The van der Waals surface area contributed by atoms with E-state index in [1.54, 1.807) is 0 Å². The van der Waals surface area contributed by atoms with Crippen LogP contribution in [0.4, 0.5) is 0 Å². The van der Waals surface area contributed by atoms with Crippen molar-refractivity contribution < 1.29 is 0 Å². The molecule has 2 N–H and O–H groups in total. The molecule has 0 radical (unpaired) electrons. The lowest BCUT2D eigenvalue weighted by Crippen LogP contribution is -2.36. The highest BCUT2D eigenvalue weighted by Gasteiger charge is 2.26. The Hall–Kier alpha value is -0.870. The van der Waals surface area contributed by atoms with Gasteiger partial charge in [-0.1, -0.05) is 13.8 Å². The van der Waals surface area contributed by atoms with Crippen LogP contribution >= 0.6 is 0 Å². The van der Waals surface area contributed by atoms with Crippen LogP contribution in [0.5, 0.6) is 0 Å². The van der Waals surface area contributed by atoms with E-state index < -0.39 is 0 Å². The first-order valence-electron chi connectivity index (χ1n) is 6.41. The maximum atomic E-state index is 5.77. The third-order valence-corrected chi connectivity index (χ3v) is 3.37. The standard InChI is InChI=1S/C13H24N4/c1-13(2,8-14)9-16(3)7-12-6-15-10-17(12)11-4-5-11/h6,10-11H,4-5,7-9,14H2,1-3H3. The summed E-state index contributed by atoms with van der Waals surface area (Å²) in [5.74, 6) is 0. The van der Waals surface area contributed by atoms with E-state index in [9.17, 15) is 0 Å². The molecule has 2 rings (SSSR count). The van der Waals surface area contributed by atoms with Crippen molar-refractivity contribution in [2.24, 2.45) is 11.1 Å². The van der Waals surface area contributed by atoms with Crippen molar-refractivity contribution in [3.8, 4) is 0 Å². The van der Waals surface area contributed by atoms with E-state index in [1.165, 1.54) is 18.5 Å². The van der Waals surface area contributed by atoms with Gasteiger partial charge < -0.3 is 10.3 Å². The van der Waals surface area contributed by atoms with Gasteiger partial charge in [-0.25, -0.2) is 4.98 Å². The van der Waals surface area contributed by atoms with Crippen LogP contribution in [0.3, 0.4) is 0 Å². The Bertz CT molecular complexity index is 365. The Kier molecular flexibility index (Phi) is 3.54. The lowest BCUT2D eigenvalue weighted by atomic mass is 9.93. The van der Waals surface area contributed by atoms with Crippen molar-refractivity contribution in [1.82, 2.24) is 14.5 Å². The van der Waals surface area contributed by atoms with Gasteiger partial charge in [-0.2, -0.15) is 0 Å². The van der Waals surface area contributed by atoms with E-state index in [2.05, 4.69) is 35.3 Å². The highest BCUT2D eigenvalue weighted by molar-refractivity contribution is 5.03. The molecule has 1 saturated carbocycles. The topological polar surface area (TPSA) is 47.1 Å². The number of rotatable bonds is 6. The molecule has 96 valence electrons. The zero-order valence-corrected chi connectivity index (χ0v) is 11.2. The van der Waals surface area contributed by atoms with Gasteiger partial charge >= 0.3 is 0 Å². The molecular weight excluding hydrogens is 212 g/mol. The molecule has 0 spiro atoms. The smallest absolute Gasteiger partial charge is 0.0951 e. The molecule has 17 heavy (non-hydrogen) atoms. The molecule has 1 aromatic heterocycles. The second-order valence-corrected chi connectivity index (χ2v) is 6.06. The number of hydrogen-bond acceptors (Lipinski definition) is 3. The van der Waals surface area contributed by atoms with Gasteiger partial charge in [0.2, 0.25) is 0 Å². The molecular formula is C13H24N4. The second kappa shape index (κ2) is 4.78. The van der Waals surface area contributed by atoms with E-state index in [-0.39, 0.29) is 5.41 Å². The van der Waals surface area contributed by atoms with Crippen LogP contribution in [0.15, 0.2) is 12.5 Å². The van der Waals surface area contributed by atoms with Crippen molar-refractivity contribution in [3.05, 3.63) is 18.2 Å². The molecule has 0 atom stereocenters. The zero-order valence-electron chi connectivity index (χ0n) is 11.2. The van der Waals surface area contributed by atoms with Gasteiger partial charge in [0.25, 0.3) is 0 Å². The highest BCUT2D eigenvalue weighted by Crippen LogP contribution is 2.35. The molecule has 1 aliphatic carbocycles. The minimum atomic E-state index is 0.180. The lowest BCUT2D eigenvalue weighted by Gasteiger charge is -2.29. The summed E-state index contributed by atoms with van der Waals surface area (Å²) in [5, 5.41) is 0. The molecule has 1 heterocycles. The molecule has 4 nitrogen and oxygen atoms in total. The zero-order chi connectivity index (χ0) is 12.5. The molecule has 0 aliphatic heterocycles. The van der Waals surface area contributed by atoms with Crippen LogP contribution in [0.25, 0.3) is 0 Å². The van der Waals surface area contributed by atoms with Crippen molar-refractivity contribution >= 4 is 0 Å². The molecule has 1 aromatic rings. The van der Waals surface area contributed by atoms with Crippen LogP contribution in [0.1, 0.15) is 38.4 Å². The third kappa shape index (κ3) is 3.30. The first-order chi connectivity index (χ1) is 8.02. The average Bonchev–Trinajstić information content (AvgIpc) is 3.00. The summed E-state index contributed by atoms with van der Waals surface area (Å²) in [4.78, 5) is 6.60. The number of nitrogens with zero attached hydrogens (tertiary/aromatic N) is 3. The van der Waals surface area contributed by atoms with E-state index in [1.807, 2.05) is 12.5 Å². The van der Waals surface area contributed by atoms with Crippen molar-refractivity contribution in [2.45, 2.75) is 39.3 Å². The summed E-state index contributed by atoms with van der Waals surface area (Å²) in [5.41, 5.74) is 7.27. The predicted octanol–water partition coefficient (Wildman–Crippen LogP) is 1.63. The highest BCUT2D eigenvalue weighted by atomic mass is 15.2. The summed E-state index contributed by atoms with van der Waals surface area (Å²) in [6.07, 6.45) is 6.57. The second-order valence-electron chi connectivity index (χ2n) is 6.06. The van der Waals surface area contributed by atoms with Crippen molar-refractivity contribution in [1.29, 1.82) is 0 Å². The summed E-state index contributed by atoms with van der Waals surface area (Å²) >= 11 is 0. The SMILES string of the molecule is CN(Cc1cncn1C1CC1)CC(C)(C)CN. The Morgan fingerprint density at radius 2 is 2.24 bits per heavy atom. The lowest BCUT2D eigenvalue weighted by molar-refractivity contribution is 0.206. The third-order valence-electron chi connectivity index (χ3n) is 3.37. The van der Waals surface area contributed by atoms with Gasteiger partial charge in [0, 0.05) is 25.3 Å². The van der Waals surface area contributed by atoms with Gasteiger partial charge in [-0.05, 0) is 31.8 Å². The van der Waals surface area contributed by atoms with Crippen molar-refractivity contribution in [2.75, 3.05) is 20.1 Å². The maximum Gasteiger partial charge on any atom is 0.0951 e. The number of hydrogen-bond donors (Lipinski definition) is 1. The molecule has 1 fully saturated rings. The average molecular weight is 236 g/mol. The molecule has 4 heteroatoms. The Morgan fingerprint density at radius 1 is 1.53 bits per heavy atom. The number of nitrogens with two attached hydrogens (primary N) is 1. The Labute approximate surface area is 104 Å². The molecule has 0 saturated heterocycles. The van der Waals surface area contributed by atoms with E-state index in [0.29, 0.717) is 6.04 Å². The molecule has 0 amide bonds. The molecule has 1 aliphatic rings. The van der Waals surface area contributed by atoms with Crippen LogP contribution in [-0.4, -0.2) is 34.6 Å². The monoisotopic (exact) mass is 236 g/mol. The van der Waals surface area contributed by atoms with Gasteiger partial charge in [0.05, 0.1) is 12.0 Å². The quantitative estimate of drug-likeness (QED) is 0.816. The molecule has 0 bridgehead atoms. The Balaban J connectivity index is 1.93. The first kappa shape index (κ1) is 12.6. The molecule has 0 unspecified atom stereocenters. The van der Waals surface area contributed by atoms with Crippen LogP contribution < -0.4 is 5.73 Å². The maximum absolute atomic E-state index is 5.77. The fourth-order valence-corrected chi connectivity index (χ4v) is 2.26. The molecule has 0 aromatic carbocycles. The normalized spacial score (nSPS) is 16.8. The van der Waals surface area contributed by atoms with Crippen LogP contribution in [0.2, 0.25) is 0 Å². The summed E-state index contributed by atoms with van der Waals surface area (Å²) in [6, 6.07) is 0.711. The summed E-state index contributed by atoms with van der Waals surface area (Å²) in [7, 11) is 2.15. The van der Waals surface area contributed by atoms with Crippen LogP contribution in [0, 0.1) is 5.41 Å². The summed E-state index contributed by atoms with van der Waals surface area (Å²) in [6.45, 7) is 7.11. The minimum Gasteiger partial charge on any atom is -0.330 e. The largest absolute Gasteiger partial charge is 0.330 e. The number of aromatic nitrogens is 2. The predicted molar refractivity (Wildman–Crippen MR) is 69.7 cm³/mol. The fourth-order valence-electron chi connectivity index (χ4n) is 2.26. The number of imidazole rings is 1. The minimum absolute atomic E-state index is 0.180. The van der Waals surface area contributed by atoms with Gasteiger partial charge in [-0.15, -0.1) is 0 Å². The van der Waals surface area contributed by atoms with Crippen LogP contribution in [-0.2, 0) is 6.54 Å². The van der Waals surface area contributed by atoms with Crippen molar-refractivity contribution in [3.63, 3.8) is 0 Å². The fraction of sp³-hybridized carbons (Fsp3) is 0.769.